The second-order valence-corrected chi connectivity index (χ2v) is 5.37. The van der Waals surface area contributed by atoms with Gasteiger partial charge in [0.2, 0.25) is 5.91 Å². The Labute approximate surface area is 123 Å². The molecule has 1 heterocycles. The first kappa shape index (κ1) is 13.9. The number of benzene rings is 1. The number of carbonyl (C=O) groups excluding carboxylic acids is 1. The van der Waals surface area contributed by atoms with Crippen LogP contribution in [-0.2, 0) is 16.0 Å². The maximum Gasteiger partial charge on any atom is 0.246 e. The van der Waals surface area contributed by atoms with E-state index >= 15 is 0 Å². The molecule has 1 aromatic carbocycles. The Morgan fingerprint density at radius 3 is 3.05 bits per heavy atom. The van der Waals surface area contributed by atoms with Gasteiger partial charge in [-0.05, 0) is 43.0 Å². The fourth-order valence-corrected chi connectivity index (χ4v) is 3.08. The van der Waals surface area contributed by atoms with Crippen molar-refractivity contribution in [2.75, 3.05) is 20.8 Å². The summed E-state index contributed by atoms with van der Waals surface area (Å²) >= 11 is 0. The summed E-state index contributed by atoms with van der Waals surface area (Å²) in [6.07, 6.45) is 3.04. The van der Waals surface area contributed by atoms with Crippen molar-refractivity contribution >= 4 is 16.8 Å². The van der Waals surface area contributed by atoms with Gasteiger partial charge in [-0.25, -0.2) is 0 Å². The van der Waals surface area contributed by atoms with Gasteiger partial charge in [-0.15, -0.1) is 0 Å². The second kappa shape index (κ2) is 5.77. The first-order valence-corrected chi connectivity index (χ1v) is 7.19. The molecule has 0 aliphatic heterocycles. The van der Waals surface area contributed by atoms with E-state index < -0.39 is 0 Å². The number of hydrogen-bond acceptors (Lipinski definition) is 3. The number of ether oxygens (including phenoxy) is 2. The Morgan fingerprint density at radius 2 is 2.29 bits per heavy atom. The molecule has 3 rings (SSSR count). The Morgan fingerprint density at radius 1 is 1.43 bits per heavy atom. The van der Waals surface area contributed by atoms with Crippen LogP contribution in [0.4, 0.5) is 0 Å². The van der Waals surface area contributed by atoms with Crippen LogP contribution in [-0.4, -0.2) is 31.7 Å². The molecule has 0 unspecified atom stereocenters. The molecular formula is C16H20N2O3. The number of aromatic amines is 1. The van der Waals surface area contributed by atoms with Crippen molar-refractivity contribution in [1.82, 2.24) is 10.3 Å². The van der Waals surface area contributed by atoms with E-state index in [2.05, 4.69) is 16.4 Å². The number of carbonyl (C=O) groups is 1. The molecule has 21 heavy (non-hydrogen) atoms. The fourth-order valence-electron chi connectivity index (χ4n) is 3.08. The highest BCUT2D eigenvalue weighted by atomic mass is 16.5. The van der Waals surface area contributed by atoms with E-state index in [1.807, 2.05) is 12.1 Å². The van der Waals surface area contributed by atoms with E-state index in [4.69, 9.17) is 9.47 Å². The highest BCUT2D eigenvalue weighted by Crippen LogP contribution is 2.36. The lowest BCUT2D eigenvalue weighted by molar-refractivity contribution is -0.125. The summed E-state index contributed by atoms with van der Waals surface area (Å²) in [4.78, 5) is 15.2. The minimum Gasteiger partial charge on any atom is -0.497 e. The summed E-state index contributed by atoms with van der Waals surface area (Å²) in [7, 11) is 3.20. The molecule has 2 N–H and O–H groups in total. The molecule has 1 aliphatic carbocycles. The molecular weight excluding hydrogens is 268 g/mol. The minimum absolute atomic E-state index is 0.0368. The molecule has 2 aromatic rings. The number of methoxy groups -OCH3 is 2. The molecule has 5 nitrogen and oxygen atoms in total. The molecule has 0 fully saturated rings. The zero-order valence-electron chi connectivity index (χ0n) is 12.4. The third-order valence-electron chi connectivity index (χ3n) is 4.03. The highest BCUT2D eigenvalue weighted by molar-refractivity contribution is 5.87. The molecule has 112 valence electrons. The lowest BCUT2D eigenvalue weighted by Crippen LogP contribution is -2.33. The van der Waals surface area contributed by atoms with E-state index in [-0.39, 0.29) is 18.6 Å². The number of amides is 1. The molecule has 1 amide bonds. The van der Waals surface area contributed by atoms with E-state index in [1.165, 1.54) is 18.1 Å². The fraction of sp³-hybridized carbons (Fsp3) is 0.438. The smallest absolute Gasteiger partial charge is 0.246 e. The van der Waals surface area contributed by atoms with E-state index in [1.54, 1.807) is 7.11 Å². The van der Waals surface area contributed by atoms with Crippen molar-refractivity contribution in [2.24, 2.45) is 0 Å². The maximum atomic E-state index is 11.8. The second-order valence-electron chi connectivity index (χ2n) is 5.37. The van der Waals surface area contributed by atoms with E-state index in [0.29, 0.717) is 0 Å². The van der Waals surface area contributed by atoms with Crippen LogP contribution in [0.15, 0.2) is 18.2 Å². The highest BCUT2D eigenvalue weighted by Gasteiger charge is 2.25. The Bertz CT molecular complexity index is 663. The third-order valence-corrected chi connectivity index (χ3v) is 4.03. The zero-order chi connectivity index (χ0) is 14.8. The number of aryl methyl sites for hydroxylation is 1. The Balaban J connectivity index is 1.96. The topological polar surface area (TPSA) is 63.3 Å². The van der Waals surface area contributed by atoms with Crippen LogP contribution in [0.1, 0.15) is 30.1 Å². The Hall–Kier alpha value is -2.01. The quantitative estimate of drug-likeness (QED) is 0.907. The van der Waals surface area contributed by atoms with Gasteiger partial charge in [0.1, 0.15) is 12.4 Å². The van der Waals surface area contributed by atoms with Gasteiger partial charge in [0.05, 0.1) is 13.2 Å². The summed E-state index contributed by atoms with van der Waals surface area (Å²) in [6.45, 7) is 0.0971. The number of hydrogen-bond donors (Lipinski definition) is 2. The molecule has 0 saturated heterocycles. The average Bonchev–Trinajstić information content (AvgIpc) is 2.86. The predicted molar refractivity (Wildman–Crippen MR) is 80.5 cm³/mol. The van der Waals surface area contributed by atoms with Gasteiger partial charge in [0, 0.05) is 23.7 Å². The van der Waals surface area contributed by atoms with Crippen molar-refractivity contribution < 1.29 is 14.3 Å². The standard InChI is InChI=1S/C16H20N2O3/c1-20-9-15(19)17-14-5-3-4-11-12-8-10(21-2)6-7-13(12)18-16(11)14/h6-8,14,18H,3-5,9H2,1-2H3,(H,17,19)/t14-/m0/s1. The first-order chi connectivity index (χ1) is 10.2. The van der Waals surface area contributed by atoms with Crippen LogP contribution < -0.4 is 10.1 Å². The molecule has 5 heteroatoms. The lowest BCUT2D eigenvalue weighted by atomic mass is 9.91. The number of nitrogens with one attached hydrogen (secondary N) is 2. The zero-order valence-corrected chi connectivity index (χ0v) is 12.4. The van der Waals surface area contributed by atoms with Gasteiger partial charge in [-0.3, -0.25) is 4.79 Å². The SMILES string of the molecule is COCC(=O)N[C@H]1CCCc2c1[nH]c1ccc(OC)cc21. The van der Waals surface area contributed by atoms with Gasteiger partial charge in [0.25, 0.3) is 0 Å². The molecule has 1 aliphatic rings. The normalized spacial score (nSPS) is 17.5. The number of rotatable bonds is 4. The van der Waals surface area contributed by atoms with Crippen LogP contribution >= 0.6 is 0 Å². The van der Waals surface area contributed by atoms with Gasteiger partial charge in [-0.2, -0.15) is 0 Å². The monoisotopic (exact) mass is 288 g/mol. The van der Waals surface area contributed by atoms with E-state index in [9.17, 15) is 4.79 Å². The largest absolute Gasteiger partial charge is 0.497 e. The molecule has 1 aromatic heterocycles. The Kier molecular flexibility index (Phi) is 3.84. The summed E-state index contributed by atoms with van der Waals surface area (Å²) in [5.41, 5.74) is 3.50. The van der Waals surface area contributed by atoms with Crippen molar-refractivity contribution in [3.8, 4) is 5.75 Å². The van der Waals surface area contributed by atoms with Crippen molar-refractivity contribution in [3.63, 3.8) is 0 Å². The number of aromatic nitrogens is 1. The van der Waals surface area contributed by atoms with Gasteiger partial charge in [-0.1, -0.05) is 0 Å². The predicted octanol–water partition coefficient (Wildman–Crippen LogP) is 2.32. The minimum atomic E-state index is -0.0772. The average molecular weight is 288 g/mol. The summed E-state index contributed by atoms with van der Waals surface area (Å²) in [6, 6.07) is 6.07. The molecule has 0 saturated carbocycles. The molecule has 0 radical (unpaired) electrons. The number of fused-ring (bicyclic) bond motifs is 3. The van der Waals surface area contributed by atoms with Crippen molar-refractivity contribution in [1.29, 1.82) is 0 Å². The molecule has 0 spiro atoms. The summed E-state index contributed by atoms with van der Waals surface area (Å²) in [5.74, 6) is 0.779. The van der Waals surface area contributed by atoms with Gasteiger partial charge < -0.3 is 19.8 Å². The van der Waals surface area contributed by atoms with Crippen LogP contribution in [0.3, 0.4) is 0 Å². The van der Waals surface area contributed by atoms with Crippen LogP contribution in [0, 0.1) is 0 Å². The molecule has 1 atom stereocenters. The number of H-pyrrole nitrogens is 1. The van der Waals surface area contributed by atoms with Crippen LogP contribution in [0.5, 0.6) is 5.75 Å². The summed E-state index contributed by atoms with van der Waals surface area (Å²) < 4.78 is 10.2. The van der Waals surface area contributed by atoms with Gasteiger partial charge >= 0.3 is 0 Å². The first-order valence-electron chi connectivity index (χ1n) is 7.19. The summed E-state index contributed by atoms with van der Waals surface area (Å²) in [5, 5.41) is 4.23. The third kappa shape index (κ3) is 2.61. The van der Waals surface area contributed by atoms with Crippen molar-refractivity contribution in [3.05, 3.63) is 29.5 Å². The molecule has 0 bridgehead atoms. The van der Waals surface area contributed by atoms with Crippen LogP contribution in [0.2, 0.25) is 0 Å². The maximum absolute atomic E-state index is 11.8. The van der Waals surface area contributed by atoms with Gasteiger partial charge in [0.15, 0.2) is 0 Å². The lowest BCUT2D eigenvalue weighted by Gasteiger charge is -2.23. The van der Waals surface area contributed by atoms with E-state index in [0.717, 1.165) is 36.2 Å². The van der Waals surface area contributed by atoms with Crippen molar-refractivity contribution in [2.45, 2.75) is 25.3 Å². The van der Waals surface area contributed by atoms with Crippen LogP contribution in [0.25, 0.3) is 10.9 Å².